The first kappa shape index (κ1) is 6.00. The van der Waals surface area contributed by atoms with E-state index in [-0.39, 0.29) is 0 Å². The molecule has 0 unspecified atom stereocenters. The smallest absolute Gasteiger partial charge is 0.121 e. The van der Waals surface area contributed by atoms with Crippen molar-refractivity contribution in [3.05, 3.63) is 36.5 Å². The van der Waals surface area contributed by atoms with Crippen LogP contribution in [-0.4, -0.2) is 12.1 Å². The van der Waals surface area contributed by atoms with E-state index in [1.54, 1.807) is 19.4 Å². The summed E-state index contributed by atoms with van der Waals surface area (Å²) >= 11 is 0. The van der Waals surface area contributed by atoms with E-state index in [2.05, 4.69) is 4.98 Å². The zero-order valence-corrected chi connectivity index (χ0v) is 6.74. The van der Waals surface area contributed by atoms with E-state index >= 15 is 0 Å². The first-order valence-corrected chi connectivity index (χ1v) is 3.70. The molecule has 0 saturated heterocycles. The predicted molar refractivity (Wildman–Crippen MR) is 48.3 cm³/mol. The fourth-order valence-corrected chi connectivity index (χ4v) is 1.11. The third-order valence-corrected chi connectivity index (χ3v) is 1.73. The van der Waals surface area contributed by atoms with Gasteiger partial charge >= 0.3 is 0 Å². The minimum absolute atomic E-state index is 0.493. The summed E-state index contributed by atoms with van der Waals surface area (Å²) in [5.41, 5.74) is 0.798. The van der Waals surface area contributed by atoms with Gasteiger partial charge in [-0.15, -0.1) is 0 Å². The van der Waals surface area contributed by atoms with Crippen molar-refractivity contribution in [1.82, 2.24) is 4.98 Å². The molecule has 0 saturated carbocycles. The zero-order chi connectivity index (χ0) is 9.26. The summed E-state index contributed by atoms with van der Waals surface area (Å²) in [7, 11) is 1.62. The molecular formula is C10H9NO. The monoisotopic (exact) mass is 160 g/mol. The Kier molecular flexibility index (Phi) is 1.41. The first-order chi connectivity index (χ1) is 6.31. The molecule has 12 heavy (non-hydrogen) atoms. The van der Waals surface area contributed by atoms with Crippen molar-refractivity contribution in [3.63, 3.8) is 0 Å². The summed E-state index contributed by atoms with van der Waals surface area (Å²) < 4.78 is 12.7. The van der Waals surface area contributed by atoms with Crippen molar-refractivity contribution in [2.75, 3.05) is 7.11 Å². The summed E-state index contributed by atoms with van der Waals surface area (Å²) in [4.78, 5) is 4.15. The molecule has 0 aliphatic heterocycles. The van der Waals surface area contributed by atoms with E-state index in [9.17, 15) is 0 Å². The van der Waals surface area contributed by atoms with Gasteiger partial charge in [-0.05, 0) is 18.2 Å². The molecule has 0 bridgehead atoms. The van der Waals surface area contributed by atoms with Crippen molar-refractivity contribution in [3.8, 4) is 5.75 Å². The Morgan fingerprint density at radius 1 is 1.50 bits per heavy atom. The van der Waals surface area contributed by atoms with Crippen LogP contribution in [-0.2, 0) is 0 Å². The van der Waals surface area contributed by atoms with Crippen LogP contribution in [0.25, 0.3) is 10.9 Å². The number of benzene rings is 1. The van der Waals surface area contributed by atoms with Crippen molar-refractivity contribution in [1.29, 1.82) is 0 Å². The molecule has 0 amide bonds. The second kappa shape index (κ2) is 2.81. The predicted octanol–water partition coefficient (Wildman–Crippen LogP) is 2.24. The minimum atomic E-state index is 0.493. The molecule has 0 fully saturated rings. The van der Waals surface area contributed by atoms with Crippen LogP contribution in [0.1, 0.15) is 1.37 Å². The lowest BCUT2D eigenvalue weighted by atomic mass is 10.2. The van der Waals surface area contributed by atoms with Crippen LogP contribution < -0.4 is 4.74 Å². The quantitative estimate of drug-likeness (QED) is 0.638. The molecule has 0 aliphatic rings. The molecule has 2 rings (SSSR count). The van der Waals surface area contributed by atoms with Crippen molar-refractivity contribution >= 4 is 10.9 Å². The molecule has 60 valence electrons. The SMILES string of the molecule is [2H]c1ccnc2cc(OC)ccc12. The van der Waals surface area contributed by atoms with Crippen LogP contribution in [0.4, 0.5) is 0 Å². The largest absolute Gasteiger partial charge is 0.497 e. The van der Waals surface area contributed by atoms with Crippen LogP contribution in [0.15, 0.2) is 36.5 Å². The molecule has 0 N–H and O–H groups in total. The maximum atomic E-state index is 7.61. The lowest BCUT2D eigenvalue weighted by molar-refractivity contribution is 0.415. The van der Waals surface area contributed by atoms with Crippen molar-refractivity contribution in [2.24, 2.45) is 0 Å². The van der Waals surface area contributed by atoms with Crippen molar-refractivity contribution < 1.29 is 6.11 Å². The third-order valence-electron chi connectivity index (χ3n) is 1.73. The highest BCUT2D eigenvalue weighted by Gasteiger charge is 1.94. The van der Waals surface area contributed by atoms with Gasteiger partial charge in [-0.3, -0.25) is 4.98 Å². The first-order valence-electron chi connectivity index (χ1n) is 4.20. The normalized spacial score (nSPS) is 11.2. The molecule has 0 atom stereocenters. The van der Waals surface area contributed by atoms with Gasteiger partial charge in [0.05, 0.1) is 14.0 Å². The molecule has 2 aromatic rings. The van der Waals surface area contributed by atoms with Gasteiger partial charge in [0.1, 0.15) is 5.75 Å². The Bertz CT molecular complexity index is 442. The Hall–Kier alpha value is -1.57. The maximum absolute atomic E-state index is 7.61. The molecule has 2 nitrogen and oxygen atoms in total. The highest BCUT2D eigenvalue weighted by molar-refractivity contribution is 5.79. The van der Waals surface area contributed by atoms with Gasteiger partial charge in [-0.25, -0.2) is 0 Å². The van der Waals surface area contributed by atoms with Crippen LogP contribution in [0.3, 0.4) is 0 Å². The Balaban J connectivity index is 2.72. The van der Waals surface area contributed by atoms with Gasteiger partial charge in [-0.1, -0.05) is 6.04 Å². The fourth-order valence-electron chi connectivity index (χ4n) is 1.11. The van der Waals surface area contributed by atoms with Crippen molar-refractivity contribution in [2.45, 2.75) is 0 Å². The number of pyridine rings is 1. The number of rotatable bonds is 1. The molecule has 1 heterocycles. The molecular weight excluding hydrogens is 150 g/mol. The lowest BCUT2D eigenvalue weighted by Crippen LogP contribution is -1.83. The number of methoxy groups -OCH3 is 1. The van der Waals surface area contributed by atoms with E-state index in [1.807, 2.05) is 18.2 Å². The number of hydrogen-bond acceptors (Lipinski definition) is 2. The van der Waals surface area contributed by atoms with Gasteiger partial charge in [0, 0.05) is 17.6 Å². The van der Waals surface area contributed by atoms with Gasteiger partial charge < -0.3 is 4.74 Å². The highest BCUT2D eigenvalue weighted by Crippen LogP contribution is 2.17. The standard InChI is InChI=1S/C10H9NO/c1-12-9-5-4-8-3-2-6-11-10(8)7-9/h2-7H,1H3/i3D. The summed E-state index contributed by atoms with van der Waals surface area (Å²) in [6, 6.07) is 7.68. The van der Waals surface area contributed by atoms with Gasteiger partial charge in [0.2, 0.25) is 0 Å². The van der Waals surface area contributed by atoms with Crippen LogP contribution in [0, 0.1) is 0 Å². The second-order valence-corrected chi connectivity index (χ2v) is 2.47. The number of ether oxygens (including phenoxy) is 1. The second-order valence-electron chi connectivity index (χ2n) is 2.47. The van der Waals surface area contributed by atoms with Gasteiger partial charge in [-0.2, -0.15) is 0 Å². The molecule has 0 aliphatic carbocycles. The number of nitrogens with zero attached hydrogens (tertiary/aromatic N) is 1. The summed E-state index contributed by atoms with van der Waals surface area (Å²) in [6.07, 6.45) is 1.63. The van der Waals surface area contributed by atoms with E-state index in [4.69, 9.17) is 6.11 Å². The number of hydrogen-bond donors (Lipinski definition) is 0. The highest BCUT2D eigenvalue weighted by atomic mass is 16.5. The summed E-state index contributed by atoms with van der Waals surface area (Å²) in [5, 5.41) is 0.850. The van der Waals surface area contributed by atoms with E-state index < -0.39 is 0 Å². The number of fused-ring (bicyclic) bond motifs is 1. The average molecular weight is 160 g/mol. The Labute approximate surface area is 72.2 Å². The maximum Gasteiger partial charge on any atom is 0.121 e. The average Bonchev–Trinajstić information content (AvgIpc) is 2.18. The van der Waals surface area contributed by atoms with Gasteiger partial charge in [0.25, 0.3) is 0 Å². The topological polar surface area (TPSA) is 22.1 Å². The van der Waals surface area contributed by atoms with E-state index in [0.29, 0.717) is 6.04 Å². The molecule has 0 radical (unpaired) electrons. The molecule has 0 spiro atoms. The third kappa shape index (κ3) is 1.11. The fraction of sp³-hybridized carbons (Fsp3) is 0.100. The van der Waals surface area contributed by atoms with Gasteiger partial charge in [0.15, 0.2) is 0 Å². The summed E-state index contributed by atoms with van der Waals surface area (Å²) in [6.45, 7) is 0. The zero-order valence-electron chi connectivity index (χ0n) is 7.74. The van der Waals surface area contributed by atoms with E-state index in [1.165, 1.54) is 0 Å². The Morgan fingerprint density at radius 2 is 2.42 bits per heavy atom. The van der Waals surface area contributed by atoms with Crippen LogP contribution in [0.5, 0.6) is 5.75 Å². The van der Waals surface area contributed by atoms with Crippen LogP contribution >= 0.6 is 0 Å². The molecule has 1 aromatic heterocycles. The Morgan fingerprint density at radius 3 is 3.25 bits per heavy atom. The lowest BCUT2D eigenvalue weighted by Gasteiger charge is -2.00. The summed E-state index contributed by atoms with van der Waals surface area (Å²) in [5.74, 6) is 0.769. The van der Waals surface area contributed by atoms with Crippen LogP contribution in [0.2, 0.25) is 0 Å². The molecule has 1 aromatic carbocycles. The number of aromatic nitrogens is 1. The van der Waals surface area contributed by atoms with E-state index in [0.717, 1.165) is 16.7 Å². The molecule has 2 heteroatoms. The minimum Gasteiger partial charge on any atom is -0.497 e.